The van der Waals surface area contributed by atoms with Gasteiger partial charge in [0.2, 0.25) is 5.91 Å². The summed E-state index contributed by atoms with van der Waals surface area (Å²) in [5.74, 6) is -0.00116. The molecule has 0 spiro atoms. The molecule has 2 saturated heterocycles. The molecule has 2 fully saturated rings. The molecule has 2 aliphatic heterocycles. The van der Waals surface area contributed by atoms with Gasteiger partial charge >= 0.3 is 0 Å². The SMILES string of the molecule is O=C(Cc1csc(CN2CCCC2)n1)Nc1ccc(N2CCCCC2)cc1. The van der Waals surface area contributed by atoms with Crippen LogP contribution in [-0.2, 0) is 17.8 Å². The van der Waals surface area contributed by atoms with Crippen molar-refractivity contribution in [1.29, 1.82) is 0 Å². The zero-order chi connectivity index (χ0) is 18.5. The number of thiazole rings is 1. The zero-order valence-corrected chi connectivity index (χ0v) is 16.6. The summed E-state index contributed by atoms with van der Waals surface area (Å²) >= 11 is 1.66. The number of nitrogens with zero attached hydrogens (tertiary/aromatic N) is 3. The summed E-state index contributed by atoms with van der Waals surface area (Å²) in [5, 5.41) is 6.13. The highest BCUT2D eigenvalue weighted by Gasteiger charge is 2.15. The van der Waals surface area contributed by atoms with E-state index >= 15 is 0 Å². The first-order valence-corrected chi connectivity index (χ1v) is 10.9. The molecule has 0 aliphatic carbocycles. The summed E-state index contributed by atoms with van der Waals surface area (Å²) in [5.41, 5.74) is 2.98. The summed E-state index contributed by atoms with van der Waals surface area (Å²) < 4.78 is 0. The van der Waals surface area contributed by atoms with E-state index in [1.165, 1.54) is 50.9 Å². The van der Waals surface area contributed by atoms with Gasteiger partial charge in [0.15, 0.2) is 0 Å². The smallest absolute Gasteiger partial charge is 0.230 e. The third-order valence-electron chi connectivity index (χ3n) is 5.37. The van der Waals surface area contributed by atoms with E-state index in [4.69, 9.17) is 0 Å². The lowest BCUT2D eigenvalue weighted by atomic mass is 10.1. The molecule has 0 atom stereocenters. The monoisotopic (exact) mass is 384 g/mol. The predicted molar refractivity (Wildman–Crippen MR) is 111 cm³/mol. The Labute approximate surface area is 165 Å². The molecule has 3 heterocycles. The fraction of sp³-hybridized carbons (Fsp3) is 0.524. The fourth-order valence-corrected chi connectivity index (χ4v) is 4.75. The van der Waals surface area contributed by atoms with Crippen molar-refractivity contribution in [3.63, 3.8) is 0 Å². The Morgan fingerprint density at radius 3 is 2.44 bits per heavy atom. The highest BCUT2D eigenvalue weighted by atomic mass is 32.1. The minimum atomic E-state index is -0.00116. The van der Waals surface area contributed by atoms with Crippen LogP contribution < -0.4 is 10.2 Å². The van der Waals surface area contributed by atoms with Gasteiger partial charge in [0.25, 0.3) is 0 Å². The van der Waals surface area contributed by atoms with Crippen LogP contribution in [0.15, 0.2) is 29.6 Å². The fourth-order valence-electron chi connectivity index (χ4n) is 3.91. The molecule has 2 aliphatic rings. The van der Waals surface area contributed by atoms with Crippen molar-refractivity contribution in [2.24, 2.45) is 0 Å². The van der Waals surface area contributed by atoms with E-state index < -0.39 is 0 Å². The molecule has 1 amide bonds. The minimum Gasteiger partial charge on any atom is -0.372 e. The highest BCUT2D eigenvalue weighted by Crippen LogP contribution is 2.22. The molecule has 27 heavy (non-hydrogen) atoms. The second kappa shape index (κ2) is 8.85. The van der Waals surface area contributed by atoms with Crippen LogP contribution in [0.4, 0.5) is 11.4 Å². The maximum Gasteiger partial charge on any atom is 0.230 e. The van der Waals surface area contributed by atoms with Gasteiger partial charge < -0.3 is 10.2 Å². The molecular weight excluding hydrogens is 356 g/mol. The van der Waals surface area contributed by atoms with E-state index in [1.807, 2.05) is 17.5 Å². The number of hydrogen-bond donors (Lipinski definition) is 1. The van der Waals surface area contributed by atoms with Gasteiger partial charge in [-0.05, 0) is 69.5 Å². The van der Waals surface area contributed by atoms with Gasteiger partial charge in [0, 0.05) is 29.8 Å². The van der Waals surface area contributed by atoms with E-state index in [0.717, 1.165) is 36.0 Å². The van der Waals surface area contributed by atoms with Gasteiger partial charge in [-0.3, -0.25) is 9.69 Å². The van der Waals surface area contributed by atoms with Gasteiger partial charge in [-0.25, -0.2) is 4.98 Å². The molecule has 4 rings (SSSR count). The van der Waals surface area contributed by atoms with E-state index in [1.54, 1.807) is 11.3 Å². The number of anilines is 2. The Hall–Kier alpha value is -1.92. The van der Waals surface area contributed by atoms with Gasteiger partial charge in [0.1, 0.15) is 5.01 Å². The maximum absolute atomic E-state index is 12.4. The lowest BCUT2D eigenvalue weighted by Crippen LogP contribution is -2.29. The molecule has 144 valence electrons. The number of rotatable bonds is 6. The first-order valence-electron chi connectivity index (χ1n) is 10.1. The van der Waals surface area contributed by atoms with Gasteiger partial charge in [-0.15, -0.1) is 11.3 Å². The first kappa shape index (κ1) is 18.4. The number of aromatic nitrogens is 1. The van der Waals surface area contributed by atoms with Gasteiger partial charge in [0.05, 0.1) is 18.7 Å². The molecule has 2 aromatic rings. The number of nitrogens with one attached hydrogen (secondary N) is 1. The van der Waals surface area contributed by atoms with E-state index in [9.17, 15) is 4.79 Å². The summed E-state index contributed by atoms with van der Waals surface area (Å²) in [6, 6.07) is 8.22. The van der Waals surface area contributed by atoms with E-state index in [2.05, 4.69) is 32.2 Å². The Kier molecular flexibility index (Phi) is 6.04. The lowest BCUT2D eigenvalue weighted by molar-refractivity contribution is -0.115. The second-order valence-electron chi connectivity index (χ2n) is 7.54. The Balaban J connectivity index is 1.28. The Morgan fingerprint density at radius 2 is 1.70 bits per heavy atom. The molecule has 0 bridgehead atoms. The van der Waals surface area contributed by atoms with E-state index in [-0.39, 0.29) is 5.91 Å². The third kappa shape index (κ3) is 5.08. The van der Waals surface area contributed by atoms with Crippen LogP contribution in [0, 0.1) is 0 Å². The Morgan fingerprint density at radius 1 is 1.00 bits per heavy atom. The molecule has 5 nitrogen and oxygen atoms in total. The quantitative estimate of drug-likeness (QED) is 0.820. The number of amides is 1. The van der Waals surface area contributed by atoms with Crippen molar-refractivity contribution in [2.75, 3.05) is 36.4 Å². The number of benzene rings is 1. The molecule has 0 unspecified atom stereocenters. The molecule has 1 N–H and O–H groups in total. The van der Waals surface area contributed by atoms with Crippen LogP contribution in [0.2, 0.25) is 0 Å². The molecule has 6 heteroatoms. The van der Waals surface area contributed by atoms with Gasteiger partial charge in [-0.2, -0.15) is 0 Å². The molecular formula is C21H28N4OS. The molecule has 0 saturated carbocycles. The van der Waals surface area contributed by atoms with Crippen molar-refractivity contribution in [1.82, 2.24) is 9.88 Å². The topological polar surface area (TPSA) is 48.5 Å². The number of carbonyl (C=O) groups is 1. The average Bonchev–Trinajstić information content (AvgIpc) is 3.36. The van der Waals surface area contributed by atoms with Crippen LogP contribution in [0.3, 0.4) is 0 Å². The van der Waals surface area contributed by atoms with Crippen LogP contribution in [0.1, 0.15) is 42.8 Å². The number of piperidine rings is 1. The van der Waals surface area contributed by atoms with Crippen molar-refractivity contribution < 1.29 is 4.79 Å². The van der Waals surface area contributed by atoms with Crippen LogP contribution in [0.5, 0.6) is 0 Å². The van der Waals surface area contributed by atoms with Crippen LogP contribution >= 0.6 is 11.3 Å². The van der Waals surface area contributed by atoms with Gasteiger partial charge in [-0.1, -0.05) is 0 Å². The van der Waals surface area contributed by atoms with Crippen LogP contribution in [0.25, 0.3) is 0 Å². The van der Waals surface area contributed by atoms with Crippen molar-refractivity contribution in [2.45, 2.75) is 45.1 Å². The molecule has 0 radical (unpaired) electrons. The normalized spacial score (nSPS) is 18.0. The van der Waals surface area contributed by atoms with Crippen molar-refractivity contribution in [3.8, 4) is 0 Å². The summed E-state index contributed by atoms with van der Waals surface area (Å²) in [7, 11) is 0. The lowest BCUT2D eigenvalue weighted by Gasteiger charge is -2.28. The third-order valence-corrected chi connectivity index (χ3v) is 6.25. The number of carbonyl (C=O) groups excluding carboxylic acids is 1. The summed E-state index contributed by atoms with van der Waals surface area (Å²) in [6.45, 7) is 5.53. The summed E-state index contributed by atoms with van der Waals surface area (Å²) in [6.07, 6.45) is 6.79. The van der Waals surface area contributed by atoms with Crippen molar-refractivity contribution >= 4 is 28.6 Å². The van der Waals surface area contributed by atoms with E-state index in [0.29, 0.717) is 6.42 Å². The standard InChI is InChI=1S/C21H28N4OS/c26-20(14-18-16-27-21(23-18)15-24-10-4-5-11-24)22-17-6-8-19(9-7-17)25-12-2-1-3-13-25/h6-9,16H,1-5,10-15H2,(H,22,26). The summed E-state index contributed by atoms with van der Waals surface area (Å²) in [4.78, 5) is 21.9. The zero-order valence-electron chi connectivity index (χ0n) is 15.8. The minimum absolute atomic E-state index is 0.00116. The maximum atomic E-state index is 12.4. The van der Waals surface area contributed by atoms with Crippen molar-refractivity contribution in [3.05, 3.63) is 40.3 Å². The van der Waals surface area contributed by atoms with Crippen LogP contribution in [-0.4, -0.2) is 42.0 Å². The Bertz CT molecular complexity index is 746. The number of likely N-dealkylation sites (tertiary alicyclic amines) is 1. The number of hydrogen-bond acceptors (Lipinski definition) is 5. The largest absolute Gasteiger partial charge is 0.372 e. The highest BCUT2D eigenvalue weighted by molar-refractivity contribution is 7.09. The first-order chi connectivity index (χ1) is 13.3. The predicted octanol–water partition coefficient (Wildman–Crippen LogP) is 3.91. The second-order valence-corrected chi connectivity index (χ2v) is 8.48. The molecule has 1 aromatic carbocycles. The average molecular weight is 385 g/mol. The molecule has 1 aromatic heterocycles.